The highest BCUT2D eigenvalue weighted by Gasteiger charge is 2.32. The maximum atomic E-state index is 13.9. The summed E-state index contributed by atoms with van der Waals surface area (Å²) < 4.78 is 10.1. The molecule has 2 atom stereocenters. The van der Waals surface area contributed by atoms with Crippen LogP contribution in [0.4, 0.5) is 5.69 Å². The van der Waals surface area contributed by atoms with E-state index in [0.717, 1.165) is 5.56 Å². The summed E-state index contributed by atoms with van der Waals surface area (Å²) in [6.07, 6.45) is 3.24. The number of H-pyrrole nitrogens is 1. The van der Waals surface area contributed by atoms with Crippen molar-refractivity contribution in [1.29, 1.82) is 0 Å². The van der Waals surface area contributed by atoms with Crippen molar-refractivity contribution >= 4 is 35.3 Å². The summed E-state index contributed by atoms with van der Waals surface area (Å²) in [7, 11) is 1.26. The number of fused-ring (bicyclic) bond motifs is 1. The smallest absolute Gasteiger partial charge is 0.308 e. The number of methoxy groups -OCH3 is 1. The zero-order valence-corrected chi connectivity index (χ0v) is 28.4. The number of anilines is 1. The fourth-order valence-electron chi connectivity index (χ4n) is 5.35. The van der Waals surface area contributed by atoms with Gasteiger partial charge >= 0.3 is 11.9 Å². The van der Waals surface area contributed by atoms with Gasteiger partial charge < -0.3 is 40.6 Å². The van der Waals surface area contributed by atoms with Crippen LogP contribution in [0.2, 0.25) is 0 Å². The Morgan fingerprint density at radius 1 is 1.10 bits per heavy atom. The first-order chi connectivity index (χ1) is 23.3. The van der Waals surface area contributed by atoms with Crippen molar-refractivity contribution in [2.45, 2.75) is 77.4 Å². The highest BCUT2D eigenvalue weighted by atomic mass is 16.6. The SMILES string of the molecule is COC(=O)C[C@H]1Nc2ccc(C(=O)N(Cc3ccccc3)Cc3ncc[nH]3)cc2CN(CCCNC(=O)[C@@H](N)CC(=O)OC(C)(C)C)C1=O. The van der Waals surface area contributed by atoms with E-state index in [0.29, 0.717) is 35.6 Å². The number of aromatic amines is 1. The number of hydrogen-bond donors (Lipinski definition) is 4. The topological polar surface area (TPSA) is 189 Å². The summed E-state index contributed by atoms with van der Waals surface area (Å²) in [6, 6.07) is 12.8. The van der Waals surface area contributed by atoms with Crippen LogP contribution in [0.5, 0.6) is 0 Å². The van der Waals surface area contributed by atoms with Gasteiger partial charge in [0.05, 0.1) is 32.5 Å². The number of ether oxygens (including phenoxy) is 2. The predicted molar refractivity (Wildman–Crippen MR) is 181 cm³/mol. The van der Waals surface area contributed by atoms with Crippen LogP contribution in [-0.4, -0.2) is 87.3 Å². The summed E-state index contributed by atoms with van der Waals surface area (Å²) >= 11 is 0. The standard InChI is InChI=1S/C35H45N7O7/c1-35(2,3)49-31(44)18-26(36)32(45)39-13-8-16-41-21-25-17-24(11-12-27(25)40-28(34(41)47)19-30(43)48-4)33(46)42(22-29-37-14-15-38-29)20-23-9-6-5-7-10-23/h5-7,9-12,14-15,17,26,28,40H,8,13,16,18-22,36H2,1-4H3,(H,37,38)(H,39,45)/t26-,28+/m0/s1. The lowest BCUT2D eigenvalue weighted by Crippen LogP contribution is -2.45. The molecule has 14 nitrogen and oxygen atoms in total. The molecule has 0 aliphatic carbocycles. The molecule has 0 saturated heterocycles. The molecule has 0 unspecified atom stereocenters. The van der Waals surface area contributed by atoms with Crippen LogP contribution in [0.1, 0.15) is 67.3 Å². The molecule has 1 aromatic heterocycles. The van der Waals surface area contributed by atoms with E-state index in [9.17, 15) is 24.0 Å². The molecule has 0 spiro atoms. The van der Waals surface area contributed by atoms with Crippen molar-refractivity contribution < 1.29 is 33.4 Å². The molecule has 0 bridgehead atoms. The Balaban J connectivity index is 1.48. The number of benzene rings is 2. The number of nitrogens with one attached hydrogen (secondary N) is 3. The number of aromatic nitrogens is 2. The quantitative estimate of drug-likeness (QED) is 0.146. The third kappa shape index (κ3) is 10.9. The fourth-order valence-corrected chi connectivity index (χ4v) is 5.35. The molecule has 2 aromatic carbocycles. The summed E-state index contributed by atoms with van der Waals surface area (Å²) in [5, 5.41) is 5.88. The molecule has 0 saturated carbocycles. The van der Waals surface area contributed by atoms with Gasteiger partial charge in [-0.05, 0) is 56.5 Å². The van der Waals surface area contributed by atoms with E-state index in [1.165, 1.54) is 7.11 Å². The van der Waals surface area contributed by atoms with E-state index >= 15 is 0 Å². The average molecular weight is 676 g/mol. The van der Waals surface area contributed by atoms with Crippen molar-refractivity contribution in [3.63, 3.8) is 0 Å². The van der Waals surface area contributed by atoms with E-state index in [4.69, 9.17) is 15.2 Å². The van der Waals surface area contributed by atoms with Crippen molar-refractivity contribution in [2.75, 3.05) is 25.5 Å². The molecule has 3 aromatic rings. The molecule has 49 heavy (non-hydrogen) atoms. The van der Waals surface area contributed by atoms with E-state index in [1.54, 1.807) is 61.2 Å². The first kappa shape index (κ1) is 36.6. The van der Waals surface area contributed by atoms with Crippen LogP contribution >= 0.6 is 0 Å². The van der Waals surface area contributed by atoms with Gasteiger partial charge in [0, 0.05) is 49.8 Å². The Morgan fingerprint density at radius 3 is 2.53 bits per heavy atom. The summed E-state index contributed by atoms with van der Waals surface area (Å²) in [5.74, 6) is -1.55. The molecule has 5 N–H and O–H groups in total. The summed E-state index contributed by atoms with van der Waals surface area (Å²) in [6.45, 7) is 6.37. The molecule has 4 rings (SSSR count). The van der Waals surface area contributed by atoms with Crippen molar-refractivity contribution in [2.24, 2.45) is 5.73 Å². The van der Waals surface area contributed by atoms with Crippen molar-refractivity contribution in [3.05, 3.63) is 83.4 Å². The summed E-state index contributed by atoms with van der Waals surface area (Å²) in [4.78, 5) is 75.1. The minimum absolute atomic E-state index is 0.156. The Kier molecular flexibility index (Phi) is 12.5. The number of amides is 3. The lowest BCUT2D eigenvalue weighted by molar-refractivity contribution is -0.156. The molecule has 3 amide bonds. The number of nitrogens with two attached hydrogens (primary N) is 1. The number of carbonyl (C=O) groups is 5. The molecule has 1 aliphatic heterocycles. The molecule has 1 aliphatic rings. The van der Waals surface area contributed by atoms with Gasteiger partial charge in [-0.25, -0.2) is 4.98 Å². The van der Waals surface area contributed by atoms with Gasteiger partial charge in [0.1, 0.15) is 17.5 Å². The highest BCUT2D eigenvalue weighted by Crippen LogP contribution is 2.27. The summed E-state index contributed by atoms with van der Waals surface area (Å²) in [5.41, 5.74) is 7.90. The van der Waals surface area contributed by atoms with Crippen LogP contribution in [0, 0.1) is 0 Å². The number of nitrogens with zero attached hydrogens (tertiary/aromatic N) is 3. The molecular weight excluding hydrogens is 630 g/mol. The maximum Gasteiger partial charge on any atom is 0.308 e. The van der Waals surface area contributed by atoms with Crippen molar-refractivity contribution in [1.82, 2.24) is 25.1 Å². The molecule has 0 fully saturated rings. The van der Waals surface area contributed by atoms with E-state index < -0.39 is 35.5 Å². The van der Waals surface area contributed by atoms with Gasteiger partial charge in [0.15, 0.2) is 0 Å². The molecule has 2 heterocycles. The van der Waals surface area contributed by atoms with Crippen LogP contribution in [0.3, 0.4) is 0 Å². The van der Waals surface area contributed by atoms with Gasteiger partial charge in [0.2, 0.25) is 11.8 Å². The second-order valence-electron chi connectivity index (χ2n) is 12.8. The zero-order chi connectivity index (χ0) is 35.6. The van der Waals surface area contributed by atoms with Gasteiger partial charge in [0.25, 0.3) is 5.91 Å². The monoisotopic (exact) mass is 675 g/mol. The number of carbonyl (C=O) groups excluding carboxylic acids is 5. The molecule has 0 radical (unpaired) electrons. The third-order valence-electron chi connectivity index (χ3n) is 7.70. The minimum atomic E-state index is -1.08. The second kappa shape index (κ2) is 16.7. The molecular formula is C35H45N7O7. The zero-order valence-electron chi connectivity index (χ0n) is 28.4. The molecule has 262 valence electrons. The predicted octanol–water partition coefficient (Wildman–Crippen LogP) is 2.50. The first-order valence-electron chi connectivity index (χ1n) is 16.1. The number of esters is 2. The maximum absolute atomic E-state index is 13.9. The van der Waals surface area contributed by atoms with Gasteiger partial charge in [-0.15, -0.1) is 0 Å². The van der Waals surface area contributed by atoms with Crippen molar-refractivity contribution in [3.8, 4) is 0 Å². The van der Waals surface area contributed by atoms with Crippen LogP contribution in [-0.2, 0) is 48.3 Å². The average Bonchev–Trinajstić information content (AvgIpc) is 3.53. The first-order valence-corrected chi connectivity index (χ1v) is 16.1. The van der Waals surface area contributed by atoms with E-state index in [-0.39, 0.29) is 50.8 Å². The highest BCUT2D eigenvalue weighted by molar-refractivity contribution is 5.96. The fraction of sp³-hybridized carbons (Fsp3) is 0.429. The largest absolute Gasteiger partial charge is 0.469 e. The minimum Gasteiger partial charge on any atom is -0.469 e. The lowest BCUT2D eigenvalue weighted by Gasteiger charge is -2.24. The van der Waals surface area contributed by atoms with Crippen LogP contribution in [0.15, 0.2) is 60.9 Å². The van der Waals surface area contributed by atoms with E-state index in [1.807, 2.05) is 30.3 Å². The Hall–Kier alpha value is -5.24. The Morgan fingerprint density at radius 2 is 1.86 bits per heavy atom. The molecule has 14 heteroatoms. The normalized spacial score (nSPS) is 14.9. The Bertz CT molecular complexity index is 1610. The van der Waals surface area contributed by atoms with Gasteiger partial charge in [-0.2, -0.15) is 0 Å². The van der Waals surface area contributed by atoms with Crippen LogP contribution in [0.25, 0.3) is 0 Å². The van der Waals surface area contributed by atoms with Crippen LogP contribution < -0.4 is 16.4 Å². The number of imidazole rings is 1. The van der Waals surface area contributed by atoms with Gasteiger partial charge in [-0.1, -0.05) is 30.3 Å². The number of rotatable bonds is 14. The third-order valence-corrected chi connectivity index (χ3v) is 7.70. The van der Waals surface area contributed by atoms with E-state index in [2.05, 4.69) is 20.6 Å². The Labute approximate surface area is 285 Å². The second-order valence-corrected chi connectivity index (χ2v) is 12.8. The number of hydrogen-bond acceptors (Lipinski definition) is 10. The lowest BCUT2D eigenvalue weighted by atomic mass is 10.1. The van der Waals surface area contributed by atoms with Gasteiger partial charge in [-0.3, -0.25) is 24.0 Å².